The Morgan fingerprint density at radius 2 is 1.77 bits per heavy atom. The van der Waals surface area contributed by atoms with Crippen LogP contribution in [0.3, 0.4) is 0 Å². The molecule has 0 heterocycles. The fourth-order valence-electron chi connectivity index (χ4n) is 3.07. The average Bonchev–Trinajstić information content (AvgIpc) is 2.74. The van der Waals surface area contributed by atoms with Crippen LogP contribution in [-0.2, 0) is 14.3 Å². The van der Waals surface area contributed by atoms with Crippen molar-refractivity contribution in [2.24, 2.45) is 0 Å². The van der Waals surface area contributed by atoms with E-state index in [2.05, 4.69) is 10.6 Å². The van der Waals surface area contributed by atoms with Crippen LogP contribution in [0.2, 0.25) is 0 Å². The number of amides is 3. The van der Waals surface area contributed by atoms with Gasteiger partial charge in [-0.2, -0.15) is 0 Å². The minimum absolute atomic E-state index is 0.0819. The second-order valence-electron chi connectivity index (χ2n) is 7.48. The van der Waals surface area contributed by atoms with Crippen LogP contribution >= 0.6 is 0 Å². The first-order chi connectivity index (χ1) is 14.8. The lowest BCUT2D eigenvalue weighted by Gasteiger charge is -2.22. The molecule has 3 amide bonds. The lowest BCUT2D eigenvalue weighted by atomic mass is 10.1. The van der Waals surface area contributed by atoms with Crippen LogP contribution in [0, 0.1) is 20.8 Å². The number of carbonyl (C=O) groups is 3. The zero-order valence-corrected chi connectivity index (χ0v) is 18.7. The second kappa shape index (κ2) is 11.9. The van der Waals surface area contributed by atoms with Crippen LogP contribution in [0.15, 0.2) is 42.5 Å². The van der Waals surface area contributed by atoms with Gasteiger partial charge < -0.3 is 20.3 Å². The smallest absolute Gasteiger partial charge is 0.251 e. The fraction of sp³-hybridized carbons (Fsp3) is 0.375. The first-order valence-corrected chi connectivity index (χ1v) is 10.3. The van der Waals surface area contributed by atoms with Crippen molar-refractivity contribution >= 4 is 23.4 Å². The highest BCUT2D eigenvalue weighted by Crippen LogP contribution is 2.17. The number of benzene rings is 2. The van der Waals surface area contributed by atoms with Crippen molar-refractivity contribution in [3.8, 4) is 0 Å². The predicted octanol–water partition coefficient (Wildman–Crippen LogP) is 2.85. The maximum Gasteiger partial charge on any atom is 0.251 e. The molecule has 0 unspecified atom stereocenters. The molecule has 2 N–H and O–H groups in total. The van der Waals surface area contributed by atoms with Crippen LogP contribution < -0.4 is 10.6 Å². The molecule has 2 aromatic carbocycles. The van der Waals surface area contributed by atoms with E-state index in [9.17, 15) is 14.4 Å². The van der Waals surface area contributed by atoms with E-state index in [0.717, 1.165) is 22.4 Å². The summed E-state index contributed by atoms with van der Waals surface area (Å²) in [6.45, 7) is 6.55. The quantitative estimate of drug-likeness (QED) is 0.613. The lowest BCUT2D eigenvalue weighted by Crippen LogP contribution is -2.41. The zero-order valence-electron chi connectivity index (χ0n) is 18.7. The molecule has 7 nitrogen and oxygen atoms in total. The van der Waals surface area contributed by atoms with Gasteiger partial charge in [0.05, 0.1) is 13.2 Å². The summed E-state index contributed by atoms with van der Waals surface area (Å²) in [5, 5.41) is 5.63. The molecule has 0 radical (unpaired) electrons. The van der Waals surface area contributed by atoms with Crippen molar-refractivity contribution in [3.63, 3.8) is 0 Å². The van der Waals surface area contributed by atoms with E-state index >= 15 is 0 Å². The van der Waals surface area contributed by atoms with Gasteiger partial charge in [-0.1, -0.05) is 29.8 Å². The molecule has 31 heavy (non-hydrogen) atoms. The van der Waals surface area contributed by atoms with E-state index in [0.29, 0.717) is 18.7 Å². The molecule has 0 saturated heterocycles. The van der Waals surface area contributed by atoms with Gasteiger partial charge in [0, 0.05) is 37.9 Å². The largest absolute Gasteiger partial charge is 0.383 e. The second-order valence-corrected chi connectivity index (χ2v) is 7.48. The highest BCUT2D eigenvalue weighted by molar-refractivity contribution is 5.96. The molecule has 0 saturated carbocycles. The molecular formula is C24H31N3O4. The van der Waals surface area contributed by atoms with E-state index in [4.69, 9.17) is 4.74 Å². The predicted molar refractivity (Wildman–Crippen MR) is 121 cm³/mol. The molecule has 0 atom stereocenters. The summed E-state index contributed by atoms with van der Waals surface area (Å²) in [6.07, 6.45) is 0.0953. The third kappa shape index (κ3) is 7.53. The molecule has 0 aromatic heterocycles. The molecule has 0 aliphatic carbocycles. The Kier molecular flexibility index (Phi) is 9.21. The minimum atomic E-state index is -0.276. The Morgan fingerprint density at radius 3 is 2.48 bits per heavy atom. The number of anilines is 1. The van der Waals surface area contributed by atoms with E-state index in [1.807, 2.05) is 51.1 Å². The van der Waals surface area contributed by atoms with Crippen molar-refractivity contribution in [1.82, 2.24) is 10.2 Å². The number of nitrogens with one attached hydrogen (secondary N) is 2. The van der Waals surface area contributed by atoms with Gasteiger partial charge in [0.1, 0.15) is 0 Å². The molecule has 0 bridgehead atoms. The first-order valence-electron chi connectivity index (χ1n) is 10.3. The molecule has 166 valence electrons. The van der Waals surface area contributed by atoms with Gasteiger partial charge in [0.25, 0.3) is 5.91 Å². The van der Waals surface area contributed by atoms with Crippen LogP contribution in [0.25, 0.3) is 0 Å². The number of methoxy groups -OCH3 is 1. The number of nitrogens with zero attached hydrogens (tertiary/aromatic N) is 1. The average molecular weight is 426 g/mol. The number of aryl methyl sites for hydroxylation is 2. The summed E-state index contributed by atoms with van der Waals surface area (Å²) >= 11 is 0. The van der Waals surface area contributed by atoms with E-state index in [1.54, 1.807) is 19.2 Å². The first kappa shape index (κ1) is 24.1. The number of rotatable bonds is 10. The Bertz CT molecular complexity index is 927. The van der Waals surface area contributed by atoms with Crippen molar-refractivity contribution < 1.29 is 19.1 Å². The monoisotopic (exact) mass is 425 g/mol. The summed E-state index contributed by atoms with van der Waals surface area (Å²) in [5.74, 6) is -0.729. The van der Waals surface area contributed by atoms with Crippen molar-refractivity contribution in [2.75, 3.05) is 38.7 Å². The highest BCUT2D eigenvalue weighted by atomic mass is 16.5. The molecule has 0 fully saturated rings. The number of hydrogen-bond donors (Lipinski definition) is 2. The van der Waals surface area contributed by atoms with Crippen LogP contribution in [0.4, 0.5) is 5.69 Å². The number of ether oxygens (including phenoxy) is 1. The van der Waals surface area contributed by atoms with Crippen LogP contribution in [-0.4, -0.2) is 56.0 Å². The Hall–Kier alpha value is -3.19. The van der Waals surface area contributed by atoms with Crippen molar-refractivity contribution in [1.29, 1.82) is 0 Å². The van der Waals surface area contributed by atoms with E-state index < -0.39 is 0 Å². The molecular weight excluding hydrogens is 394 g/mol. The molecule has 2 aromatic rings. The fourth-order valence-corrected chi connectivity index (χ4v) is 3.07. The van der Waals surface area contributed by atoms with Gasteiger partial charge in [0.2, 0.25) is 11.8 Å². The van der Waals surface area contributed by atoms with Crippen molar-refractivity contribution in [3.05, 3.63) is 64.7 Å². The van der Waals surface area contributed by atoms with E-state index in [-0.39, 0.29) is 37.2 Å². The van der Waals surface area contributed by atoms with Gasteiger partial charge in [-0.05, 0) is 50.1 Å². The Labute approximate surface area is 183 Å². The van der Waals surface area contributed by atoms with Gasteiger partial charge in [-0.3, -0.25) is 14.4 Å². The van der Waals surface area contributed by atoms with Crippen LogP contribution in [0.5, 0.6) is 0 Å². The minimum Gasteiger partial charge on any atom is -0.383 e. The number of hydrogen-bond acceptors (Lipinski definition) is 4. The molecule has 0 aliphatic heterocycles. The molecule has 7 heteroatoms. The zero-order chi connectivity index (χ0) is 22.8. The van der Waals surface area contributed by atoms with Gasteiger partial charge in [0.15, 0.2) is 0 Å². The van der Waals surface area contributed by atoms with Gasteiger partial charge in [-0.15, -0.1) is 0 Å². The summed E-state index contributed by atoms with van der Waals surface area (Å²) in [7, 11) is 1.54. The maximum absolute atomic E-state index is 12.7. The summed E-state index contributed by atoms with van der Waals surface area (Å²) in [5.41, 5.74) is 4.34. The maximum atomic E-state index is 12.7. The third-order valence-corrected chi connectivity index (χ3v) is 5.04. The SMILES string of the molecule is COCCN(CC(=O)Nc1cccc(C)c1C)C(=O)CCNC(=O)c1cccc(C)c1. The van der Waals surface area contributed by atoms with Crippen molar-refractivity contribution in [2.45, 2.75) is 27.2 Å². The number of carbonyl (C=O) groups excluding carboxylic acids is 3. The molecule has 0 aliphatic rings. The highest BCUT2D eigenvalue weighted by Gasteiger charge is 2.18. The molecule has 2 rings (SSSR count). The summed E-state index contributed by atoms with van der Waals surface area (Å²) < 4.78 is 5.07. The summed E-state index contributed by atoms with van der Waals surface area (Å²) in [4.78, 5) is 38.9. The third-order valence-electron chi connectivity index (χ3n) is 5.04. The standard InChI is InChI=1S/C24H31N3O4/c1-17-7-5-9-20(15-17)24(30)25-12-11-23(29)27(13-14-31-4)16-22(28)26-21-10-6-8-18(2)19(21)3/h5-10,15H,11-14,16H2,1-4H3,(H,25,30)(H,26,28). The topological polar surface area (TPSA) is 87.7 Å². The Morgan fingerprint density at radius 1 is 1.03 bits per heavy atom. The van der Waals surface area contributed by atoms with Gasteiger partial charge >= 0.3 is 0 Å². The molecule has 0 spiro atoms. The normalized spacial score (nSPS) is 10.5. The summed E-state index contributed by atoms with van der Waals surface area (Å²) in [6, 6.07) is 12.9. The van der Waals surface area contributed by atoms with Gasteiger partial charge in [-0.25, -0.2) is 0 Å². The van der Waals surface area contributed by atoms with E-state index in [1.165, 1.54) is 4.90 Å². The Balaban J connectivity index is 1.91. The van der Waals surface area contributed by atoms with Crippen LogP contribution in [0.1, 0.15) is 33.5 Å². The lowest BCUT2D eigenvalue weighted by molar-refractivity contribution is -0.135.